The van der Waals surface area contributed by atoms with Crippen LogP contribution in [0.4, 0.5) is 0 Å². The average Bonchev–Trinajstić information content (AvgIpc) is 3.50. The van der Waals surface area contributed by atoms with Crippen LogP contribution in [-0.2, 0) is 11.3 Å². The molecular weight excluding hydrogens is 476 g/mol. The fourth-order valence-electron chi connectivity index (χ4n) is 4.15. The molecule has 0 aliphatic rings. The number of benzene rings is 3. The van der Waals surface area contributed by atoms with Crippen LogP contribution in [0.5, 0.6) is 0 Å². The Labute approximate surface area is 211 Å². The summed E-state index contributed by atoms with van der Waals surface area (Å²) < 4.78 is 11.8. The Balaban J connectivity index is 1.52. The summed E-state index contributed by atoms with van der Waals surface area (Å²) in [7, 11) is 1.39. The molecule has 182 valence electrons. The Kier molecular flexibility index (Phi) is 6.73. The number of fused-ring (bicyclic) bond motifs is 1. The van der Waals surface area contributed by atoms with Crippen LogP contribution < -0.4 is 5.76 Å². The van der Waals surface area contributed by atoms with Crippen molar-refractivity contribution in [2.45, 2.75) is 25.0 Å². The first-order valence-electron chi connectivity index (χ1n) is 11.5. The lowest BCUT2D eigenvalue weighted by Gasteiger charge is -2.12. The average molecular weight is 501 g/mol. The van der Waals surface area contributed by atoms with Gasteiger partial charge in [-0.05, 0) is 35.2 Å². The number of imidazole rings is 1. The van der Waals surface area contributed by atoms with E-state index in [0.29, 0.717) is 17.9 Å². The molecule has 0 spiro atoms. The summed E-state index contributed by atoms with van der Waals surface area (Å²) in [4.78, 5) is 31.4. The number of hydrogen-bond donors (Lipinski definition) is 1. The van der Waals surface area contributed by atoms with Gasteiger partial charge in [-0.2, -0.15) is 0 Å². The van der Waals surface area contributed by atoms with Crippen molar-refractivity contribution in [1.82, 2.24) is 19.7 Å². The minimum atomic E-state index is -0.592. The lowest BCUT2D eigenvalue weighted by molar-refractivity contribution is 0.0602. The van der Waals surface area contributed by atoms with Gasteiger partial charge in [0.2, 0.25) is 0 Å². The second-order valence-corrected chi connectivity index (χ2v) is 9.24. The Morgan fingerprint density at radius 2 is 1.83 bits per heavy atom. The van der Waals surface area contributed by atoms with Crippen LogP contribution >= 0.6 is 11.8 Å². The van der Waals surface area contributed by atoms with Gasteiger partial charge >= 0.3 is 11.7 Å². The number of methoxy groups -OCH3 is 1. The quantitative estimate of drug-likeness (QED) is 0.225. The second kappa shape index (κ2) is 10.2. The molecule has 0 unspecified atom stereocenters. The van der Waals surface area contributed by atoms with E-state index >= 15 is 0 Å². The van der Waals surface area contributed by atoms with Crippen LogP contribution in [0.3, 0.4) is 0 Å². The first-order valence-corrected chi connectivity index (χ1v) is 12.5. The largest absolute Gasteiger partial charge is 0.465 e. The van der Waals surface area contributed by atoms with E-state index in [1.54, 1.807) is 17.8 Å². The Bertz CT molecular complexity index is 1580. The molecule has 1 N–H and O–H groups in total. The maximum atomic E-state index is 12.5. The van der Waals surface area contributed by atoms with Gasteiger partial charge in [0.25, 0.3) is 0 Å². The second-order valence-electron chi connectivity index (χ2n) is 8.18. The van der Waals surface area contributed by atoms with Gasteiger partial charge in [-0.25, -0.2) is 14.6 Å². The van der Waals surface area contributed by atoms with Gasteiger partial charge in [-0.15, -0.1) is 0 Å². The smallest absolute Gasteiger partial charge is 0.439 e. The van der Waals surface area contributed by atoms with Gasteiger partial charge in [-0.3, -0.25) is 9.51 Å². The maximum Gasteiger partial charge on any atom is 0.439 e. The number of nitrogens with zero attached hydrogens (tertiary/aromatic N) is 3. The molecule has 0 amide bonds. The van der Waals surface area contributed by atoms with Gasteiger partial charge in [0.05, 0.1) is 30.3 Å². The van der Waals surface area contributed by atoms with Crippen molar-refractivity contribution < 1.29 is 14.1 Å². The Morgan fingerprint density at radius 1 is 1.06 bits per heavy atom. The molecule has 0 aliphatic heterocycles. The molecule has 0 atom stereocenters. The lowest BCUT2D eigenvalue weighted by atomic mass is 9.98. The van der Waals surface area contributed by atoms with Gasteiger partial charge in [0, 0.05) is 11.3 Å². The number of rotatable bonds is 8. The molecule has 2 aromatic heterocycles. The van der Waals surface area contributed by atoms with Crippen molar-refractivity contribution in [3.8, 4) is 22.5 Å². The van der Waals surface area contributed by atoms with E-state index in [9.17, 15) is 9.59 Å². The predicted octanol–water partition coefficient (Wildman–Crippen LogP) is 5.38. The molecule has 0 radical (unpaired) electrons. The molecule has 9 heteroatoms. The molecule has 0 aliphatic carbocycles. The van der Waals surface area contributed by atoms with Crippen LogP contribution in [0.2, 0.25) is 0 Å². The van der Waals surface area contributed by atoms with Gasteiger partial charge in [0.15, 0.2) is 11.0 Å². The Morgan fingerprint density at radius 3 is 2.53 bits per heavy atom. The monoisotopic (exact) mass is 500 g/mol. The van der Waals surface area contributed by atoms with E-state index in [-0.39, 0.29) is 5.97 Å². The molecule has 0 fully saturated rings. The van der Waals surface area contributed by atoms with Crippen LogP contribution in [0.1, 0.15) is 29.3 Å². The van der Waals surface area contributed by atoms with Crippen LogP contribution in [-0.4, -0.2) is 38.5 Å². The summed E-state index contributed by atoms with van der Waals surface area (Å²) in [6, 6.07) is 21.4. The fourth-order valence-corrected chi connectivity index (χ4v) is 5.01. The molecule has 5 aromatic rings. The van der Waals surface area contributed by atoms with Crippen molar-refractivity contribution in [3.05, 3.63) is 88.4 Å². The summed E-state index contributed by atoms with van der Waals surface area (Å²) in [5, 5.41) is 4.71. The van der Waals surface area contributed by atoms with Crippen LogP contribution in [0.25, 0.3) is 33.5 Å². The summed E-state index contributed by atoms with van der Waals surface area (Å²) in [5.41, 5.74) is 5.77. The number of esters is 1. The number of aromatic amines is 1. The SMILES string of the molecule is CCCSc1nc2cccc(C(=O)OC)c2n1Cc1ccc(-c2ccccc2-c2noc(=O)[nH]2)cc1. The molecular formula is C27H24N4O4S. The highest BCUT2D eigenvalue weighted by Crippen LogP contribution is 2.31. The third kappa shape index (κ3) is 4.57. The highest BCUT2D eigenvalue weighted by atomic mass is 32.2. The number of aromatic nitrogens is 4. The predicted molar refractivity (Wildman–Crippen MR) is 139 cm³/mol. The standard InChI is InChI=1S/C27H24N4O4S/c1-3-15-36-26-28-22-10-6-9-21(25(32)34-2)23(22)31(26)16-17-11-13-18(14-12-17)19-7-4-5-8-20(19)24-29-27(33)35-30-24/h4-14H,3,15-16H2,1-2H3,(H,29,30,33). The normalized spacial score (nSPS) is 11.2. The van der Waals surface area contributed by atoms with Crippen molar-refractivity contribution in [3.63, 3.8) is 0 Å². The minimum absolute atomic E-state index is 0.383. The lowest BCUT2D eigenvalue weighted by Crippen LogP contribution is -2.08. The van der Waals surface area contributed by atoms with Gasteiger partial charge < -0.3 is 9.30 Å². The highest BCUT2D eigenvalue weighted by Gasteiger charge is 2.19. The highest BCUT2D eigenvalue weighted by molar-refractivity contribution is 7.99. The zero-order valence-corrected chi connectivity index (χ0v) is 20.7. The number of carbonyl (C=O) groups excluding carboxylic acids is 1. The van der Waals surface area contributed by atoms with Crippen LogP contribution in [0.15, 0.2) is 81.2 Å². The molecule has 0 bridgehead atoms. The zero-order chi connectivity index (χ0) is 25.1. The van der Waals surface area contributed by atoms with Gasteiger partial charge in [-0.1, -0.05) is 78.4 Å². The van der Waals surface area contributed by atoms with E-state index in [1.165, 1.54) is 7.11 Å². The fraction of sp³-hybridized carbons (Fsp3) is 0.185. The zero-order valence-electron chi connectivity index (χ0n) is 19.9. The number of para-hydroxylation sites is 1. The third-order valence-electron chi connectivity index (χ3n) is 5.80. The molecule has 5 rings (SSSR count). The van der Waals surface area contributed by atoms with E-state index in [1.807, 2.05) is 48.5 Å². The van der Waals surface area contributed by atoms with Crippen LogP contribution in [0, 0.1) is 0 Å². The van der Waals surface area contributed by atoms with Crippen molar-refractivity contribution in [1.29, 1.82) is 0 Å². The molecule has 2 heterocycles. The molecule has 0 saturated carbocycles. The number of ether oxygens (including phenoxy) is 1. The van der Waals surface area contributed by atoms with E-state index < -0.39 is 5.76 Å². The first kappa shape index (κ1) is 23.6. The summed E-state index contributed by atoms with van der Waals surface area (Å²) >= 11 is 1.68. The number of H-pyrrole nitrogens is 1. The maximum absolute atomic E-state index is 12.5. The number of thioether (sulfide) groups is 1. The summed E-state index contributed by atoms with van der Waals surface area (Å²) in [6.45, 7) is 2.68. The molecule has 8 nitrogen and oxygen atoms in total. The summed E-state index contributed by atoms with van der Waals surface area (Å²) in [6.07, 6.45) is 1.02. The number of hydrogen-bond acceptors (Lipinski definition) is 7. The van der Waals surface area contributed by atoms with Crippen molar-refractivity contribution in [2.24, 2.45) is 0 Å². The Hall–Kier alpha value is -4.11. The molecule has 3 aromatic carbocycles. The van der Waals surface area contributed by atoms with E-state index in [2.05, 4.69) is 33.8 Å². The van der Waals surface area contributed by atoms with Crippen molar-refractivity contribution >= 4 is 28.8 Å². The first-order chi connectivity index (χ1) is 17.6. The van der Waals surface area contributed by atoms with Crippen molar-refractivity contribution in [2.75, 3.05) is 12.9 Å². The number of carbonyl (C=O) groups is 1. The third-order valence-corrected chi connectivity index (χ3v) is 6.98. The minimum Gasteiger partial charge on any atom is -0.465 e. The number of nitrogens with one attached hydrogen (secondary N) is 1. The van der Waals surface area contributed by atoms with E-state index in [0.717, 1.165) is 50.6 Å². The topological polar surface area (TPSA) is 103 Å². The molecule has 36 heavy (non-hydrogen) atoms. The van der Waals surface area contributed by atoms with Gasteiger partial charge in [0.1, 0.15) is 0 Å². The van der Waals surface area contributed by atoms with E-state index in [4.69, 9.17) is 14.2 Å². The summed E-state index contributed by atoms with van der Waals surface area (Å²) in [5.74, 6) is 0.339. The molecule has 0 saturated heterocycles.